The molecule has 2 aromatic rings. The summed E-state index contributed by atoms with van der Waals surface area (Å²) >= 11 is 6.41. The van der Waals surface area contributed by atoms with Crippen molar-refractivity contribution in [3.05, 3.63) is 64.7 Å². The van der Waals surface area contributed by atoms with Crippen molar-refractivity contribution in [3.8, 4) is 5.75 Å². The Balaban J connectivity index is 0.00000196. The van der Waals surface area contributed by atoms with Crippen LogP contribution in [0.2, 0.25) is 5.02 Å². The van der Waals surface area contributed by atoms with Crippen LogP contribution in [0.15, 0.2) is 48.5 Å². The number of nitrogens with one attached hydrogen (secondary N) is 1. The maximum atomic E-state index is 13.4. The van der Waals surface area contributed by atoms with Gasteiger partial charge < -0.3 is 15.0 Å². The summed E-state index contributed by atoms with van der Waals surface area (Å²) < 4.78 is 5.72. The summed E-state index contributed by atoms with van der Waals surface area (Å²) in [6.45, 7) is 2.79. The number of carbonyl (C=O) groups is 1. The number of benzene rings is 2. The van der Waals surface area contributed by atoms with Crippen LogP contribution >= 0.6 is 24.0 Å². The van der Waals surface area contributed by atoms with Crippen molar-refractivity contribution in [1.29, 1.82) is 0 Å². The largest absolute Gasteiger partial charge is 0.493 e. The number of nitrogens with zero attached hydrogens (tertiary/aromatic N) is 1. The fourth-order valence-corrected chi connectivity index (χ4v) is 4.05. The zero-order valence-corrected chi connectivity index (χ0v) is 15.9. The van der Waals surface area contributed by atoms with Gasteiger partial charge in [0.05, 0.1) is 18.6 Å². The Morgan fingerprint density at radius 1 is 1.12 bits per heavy atom. The van der Waals surface area contributed by atoms with Gasteiger partial charge in [0.1, 0.15) is 5.75 Å². The molecule has 6 heteroatoms. The minimum absolute atomic E-state index is 0. The van der Waals surface area contributed by atoms with Gasteiger partial charge in [0, 0.05) is 30.2 Å². The average molecular weight is 393 g/mol. The molecule has 1 N–H and O–H groups in total. The summed E-state index contributed by atoms with van der Waals surface area (Å²) in [4.78, 5) is 15.4. The SMILES string of the molecule is Cl.O=C(C1CCOc2ccccc21)N1CCNCC1c1ccccc1Cl. The van der Waals surface area contributed by atoms with Crippen LogP contribution < -0.4 is 10.1 Å². The number of hydrogen-bond donors (Lipinski definition) is 1. The molecule has 0 saturated carbocycles. The van der Waals surface area contributed by atoms with Crippen LogP contribution in [0.3, 0.4) is 0 Å². The molecule has 0 spiro atoms. The van der Waals surface area contributed by atoms with Gasteiger partial charge >= 0.3 is 0 Å². The molecule has 1 saturated heterocycles. The maximum absolute atomic E-state index is 13.4. The van der Waals surface area contributed by atoms with E-state index in [4.69, 9.17) is 16.3 Å². The minimum Gasteiger partial charge on any atom is -0.493 e. The lowest BCUT2D eigenvalue weighted by Gasteiger charge is -2.39. The first-order valence-electron chi connectivity index (χ1n) is 8.73. The van der Waals surface area contributed by atoms with Crippen molar-refractivity contribution in [2.75, 3.05) is 26.2 Å². The van der Waals surface area contributed by atoms with E-state index in [0.29, 0.717) is 18.2 Å². The molecule has 2 aliphatic rings. The molecule has 2 atom stereocenters. The molecule has 138 valence electrons. The molecule has 2 heterocycles. The first-order chi connectivity index (χ1) is 12.3. The van der Waals surface area contributed by atoms with E-state index < -0.39 is 0 Å². The van der Waals surface area contributed by atoms with Gasteiger partial charge in [-0.15, -0.1) is 12.4 Å². The second-order valence-corrected chi connectivity index (χ2v) is 6.91. The first kappa shape index (κ1) is 19.0. The second-order valence-electron chi connectivity index (χ2n) is 6.50. The standard InChI is InChI=1S/C20H21ClN2O2.ClH/c21-17-7-3-1-6-16(17)18-13-22-10-11-23(18)20(24)15-9-12-25-19-8-4-2-5-14(15)19;/h1-8,15,18,22H,9-13H2;1H. The highest BCUT2D eigenvalue weighted by atomic mass is 35.5. The normalized spacial score (nSPS) is 22.0. The smallest absolute Gasteiger partial charge is 0.230 e. The van der Waals surface area contributed by atoms with Crippen LogP contribution in [-0.4, -0.2) is 37.0 Å². The van der Waals surface area contributed by atoms with Crippen LogP contribution in [0.5, 0.6) is 5.75 Å². The monoisotopic (exact) mass is 392 g/mol. The Morgan fingerprint density at radius 2 is 1.85 bits per heavy atom. The van der Waals surface area contributed by atoms with E-state index in [2.05, 4.69) is 5.32 Å². The Labute approximate surface area is 164 Å². The number of rotatable bonds is 2. The molecule has 0 radical (unpaired) electrons. The molecule has 0 aromatic heterocycles. The van der Waals surface area contributed by atoms with Gasteiger partial charge in [0.25, 0.3) is 0 Å². The molecule has 2 unspecified atom stereocenters. The molecule has 0 aliphatic carbocycles. The van der Waals surface area contributed by atoms with Gasteiger partial charge in [-0.3, -0.25) is 4.79 Å². The molecule has 2 aromatic carbocycles. The summed E-state index contributed by atoms with van der Waals surface area (Å²) in [6.07, 6.45) is 0.717. The molecular formula is C20H22Cl2N2O2. The number of ether oxygens (including phenoxy) is 1. The molecular weight excluding hydrogens is 371 g/mol. The predicted molar refractivity (Wildman–Crippen MR) is 105 cm³/mol. The zero-order chi connectivity index (χ0) is 17.2. The summed E-state index contributed by atoms with van der Waals surface area (Å²) in [5, 5.41) is 4.10. The summed E-state index contributed by atoms with van der Waals surface area (Å²) in [6, 6.07) is 15.6. The van der Waals surface area contributed by atoms with E-state index in [1.807, 2.05) is 53.4 Å². The lowest BCUT2D eigenvalue weighted by Crippen LogP contribution is -2.50. The zero-order valence-electron chi connectivity index (χ0n) is 14.4. The lowest BCUT2D eigenvalue weighted by atomic mass is 9.90. The molecule has 4 nitrogen and oxygen atoms in total. The van der Waals surface area contributed by atoms with Crippen molar-refractivity contribution in [2.24, 2.45) is 0 Å². The van der Waals surface area contributed by atoms with Gasteiger partial charge in [-0.05, 0) is 24.1 Å². The Bertz CT molecular complexity index is 784. The number of hydrogen-bond acceptors (Lipinski definition) is 3. The van der Waals surface area contributed by atoms with Crippen molar-refractivity contribution < 1.29 is 9.53 Å². The molecule has 4 rings (SSSR count). The number of piperazine rings is 1. The van der Waals surface area contributed by atoms with Gasteiger partial charge in [-0.1, -0.05) is 48.0 Å². The van der Waals surface area contributed by atoms with Crippen LogP contribution in [0, 0.1) is 0 Å². The lowest BCUT2D eigenvalue weighted by molar-refractivity contribution is -0.137. The average Bonchev–Trinajstić information content (AvgIpc) is 2.67. The highest BCUT2D eigenvalue weighted by Gasteiger charge is 2.36. The third-order valence-electron chi connectivity index (χ3n) is 5.05. The van der Waals surface area contributed by atoms with Gasteiger partial charge in [-0.2, -0.15) is 0 Å². The number of fused-ring (bicyclic) bond motifs is 1. The van der Waals surface area contributed by atoms with E-state index in [1.54, 1.807) is 0 Å². The molecule has 2 aliphatic heterocycles. The molecule has 1 amide bonds. The summed E-state index contributed by atoms with van der Waals surface area (Å²) in [5.41, 5.74) is 2.00. The third kappa shape index (κ3) is 3.54. The van der Waals surface area contributed by atoms with Crippen LogP contribution in [0.25, 0.3) is 0 Å². The Kier molecular flexibility index (Phi) is 6.07. The van der Waals surface area contributed by atoms with E-state index in [-0.39, 0.29) is 30.3 Å². The summed E-state index contributed by atoms with van der Waals surface area (Å²) in [7, 11) is 0. The molecule has 1 fully saturated rings. The van der Waals surface area contributed by atoms with E-state index >= 15 is 0 Å². The summed E-state index contributed by atoms with van der Waals surface area (Å²) in [5.74, 6) is 0.853. The van der Waals surface area contributed by atoms with Crippen molar-refractivity contribution in [2.45, 2.75) is 18.4 Å². The van der Waals surface area contributed by atoms with Crippen LogP contribution in [-0.2, 0) is 4.79 Å². The Morgan fingerprint density at radius 3 is 2.65 bits per heavy atom. The van der Waals surface area contributed by atoms with Crippen molar-refractivity contribution in [3.63, 3.8) is 0 Å². The maximum Gasteiger partial charge on any atom is 0.230 e. The minimum atomic E-state index is -0.145. The number of halogens is 2. The highest BCUT2D eigenvalue weighted by molar-refractivity contribution is 6.31. The third-order valence-corrected chi connectivity index (χ3v) is 5.39. The number of para-hydroxylation sites is 1. The van der Waals surface area contributed by atoms with Crippen LogP contribution in [0.1, 0.15) is 29.5 Å². The van der Waals surface area contributed by atoms with Gasteiger partial charge in [0.15, 0.2) is 0 Å². The van der Waals surface area contributed by atoms with Crippen molar-refractivity contribution in [1.82, 2.24) is 10.2 Å². The Hall–Kier alpha value is -1.75. The van der Waals surface area contributed by atoms with E-state index in [1.165, 1.54) is 0 Å². The van der Waals surface area contributed by atoms with Gasteiger partial charge in [-0.25, -0.2) is 0 Å². The first-order valence-corrected chi connectivity index (χ1v) is 9.11. The highest BCUT2D eigenvalue weighted by Crippen LogP contribution is 2.37. The number of carbonyl (C=O) groups excluding carboxylic acids is 1. The fraction of sp³-hybridized carbons (Fsp3) is 0.350. The van der Waals surface area contributed by atoms with Gasteiger partial charge in [0.2, 0.25) is 5.91 Å². The molecule has 0 bridgehead atoms. The van der Waals surface area contributed by atoms with Crippen molar-refractivity contribution >= 4 is 29.9 Å². The van der Waals surface area contributed by atoms with E-state index in [0.717, 1.165) is 36.4 Å². The number of amides is 1. The quantitative estimate of drug-likeness (QED) is 0.844. The topological polar surface area (TPSA) is 41.6 Å². The van der Waals surface area contributed by atoms with Crippen LogP contribution in [0.4, 0.5) is 0 Å². The fourth-order valence-electron chi connectivity index (χ4n) is 3.79. The predicted octanol–water partition coefficient (Wildman–Crippen LogP) is 3.80. The second kappa shape index (κ2) is 8.30. The van der Waals surface area contributed by atoms with E-state index in [9.17, 15) is 4.79 Å². The molecule has 26 heavy (non-hydrogen) atoms.